The van der Waals surface area contributed by atoms with Gasteiger partial charge in [0.05, 0.1) is 24.2 Å². The van der Waals surface area contributed by atoms with Crippen molar-refractivity contribution in [2.75, 3.05) is 13.7 Å². The standard InChI is InChI=1S/C16H23N3O/c1-3-4-5-6-9-17-12-15-16(20-2)11-14(19-15)13-8-7-10-18-13/h7-8,10-12,18-19H,3-6,9H2,1-2H3. The quantitative estimate of drug-likeness (QED) is 0.554. The largest absolute Gasteiger partial charge is 0.494 e. The number of hydrogen-bond donors (Lipinski definition) is 2. The molecule has 0 atom stereocenters. The monoisotopic (exact) mass is 273 g/mol. The third kappa shape index (κ3) is 3.76. The summed E-state index contributed by atoms with van der Waals surface area (Å²) in [7, 11) is 1.68. The van der Waals surface area contributed by atoms with Gasteiger partial charge in [-0.3, -0.25) is 4.99 Å². The molecular formula is C16H23N3O. The van der Waals surface area contributed by atoms with Crippen LogP contribution in [0.25, 0.3) is 11.4 Å². The summed E-state index contributed by atoms with van der Waals surface area (Å²) in [6, 6.07) is 5.99. The lowest BCUT2D eigenvalue weighted by molar-refractivity contribution is 0.415. The molecule has 0 radical (unpaired) electrons. The molecule has 2 rings (SSSR count). The van der Waals surface area contributed by atoms with E-state index in [0.717, 1.165) is 35.8 Å². The molecule has 0 aliphatic heterocycles. The zero-order chi connectivity index (χ0) is 14.2. The molecule has 108 valence electrons. The van der Waals surface area contributed by atoms with Gasteiger partial charge < -0.3 is 14.7 Å². The highest BCUT2D eigenvalue weighted by atomic mass is 16.5. The van der Waals surface area contributed by atoms with Gasteiger partial charge in [-0.2, -0.15) is 0 Å². The van der Waals surface area contributed by atoms with Crippen LogP contribution in [0.1, 0.15) is 38.3 Å². The predicted molar refractivity (Wildman–Crippen MR) is 83.7 cm³/mol. The van der Waals surface area contributed by atoms with Crippen molar-refractivity contribution >= 4 is 6.21 Å². The van der Waals surface area contributed by atoms with Crippen LogP contribution < -0.4 is 4.74 Å². The van der Waals surface area contributed by atoms with E-state index in [1.807, 2.05) is 30.6 Å². The maximum absolute atomic E-state index is 5.38. The third-order valence-electron chi connectivity index (χ3n) is 3.28. The van der Waals surface area contributed by atoms with Gasteiger partial charge in [0.25, 0.3) is 0 Å². The van der Waals surface area contributed by atoms with E-state index in [0.29, 0.717) is 0 Å². The first-order valence-electron chi connectivity index (χ1n) is 7.25. The highest BCUT2D eigenvalue weighted by molar-refractivity contribution is 5.83. The molecule has 0 amide bonds. The van der Waals surface area contributed by atoms with Gasteiger partial charge in [0.2, 0.25) is 0 Å². The number of ether oxygens (including phenoxy) is 1. The van der Waals surface area contributed by atoms with Crippen LogP contribution in [0.5, 0.6) is 5.75 Å². The van der Waals surface area contributed by atoms with Crippen molar-refractivity contribution in [3.05, 3.63) is 30.1 Å². The Labute approximate surface area is 120 Å². The summed E-state index contributed by atoms with van der Waals surface area (Å²) in [6.07, 6.45) is 8.73. The van der Waals surface area contributed by atoms with Gasteiger partial charge in [0.15, 0.2) is 0 Å². The van der Waals surface area contributed by atoms with E-state index in [4.69, 9.17) is 4.74 Å². The molecular weight excluding hydrogens is 250 g/mol. The van der Waals surface area contributed by atoms with Crippen molar-refractivity contribution in [1.82, 2.24) is 9.97 Å². The Hall–Kier alpha value is -1.97. The fourth-order valence-electron chi connectivity index (χ4n) is 2.15. The molecule has 4 heteroatoms. The minimum Gasteiger partial charge on any atom is -0.494 e. The molecule has 0 unspecified atom stereocenters. The number of aliphatic imine (C=N–C) groups is 1. The number of rotatable bonds is 8. The number of H-pyrrole nitrogens is 2. The molecule has 0 saturated heterocycles. The molecule has 0 aliphatic rings. The van der Waals surface area contributed by atoms with Crippen LogP contribution in [-0.2, 0) is 0 Å². The Morgan fingerprint density at radius 2 is 2.15 bits per heavy atom. The van der Waals surface area contributed by atoms with Crippen LogP contribution in [0.3, 0.4) is 0 Å². The number of nitrogens with one attached hydrogen (secondary N) is 2. The minimum atomic E-state index is 0.826. The van der Waals surface area contributed by atoms with E-state index < -0.39 is 0 Å². The fourth-order valence-corrected chi connectivity index (χ4v) is 2.15. The summed E-state index contributed by atoms with van der Waals surface area (Å²) in [5, 5.41) is 0. The van der Waals surface area contributed by atoms with Crippen molar-refractivity contribution in [3.63, 3.8) is 0 Å². The first-order valence-corrected chi connectivity index (χ1v) is 7.25. The Kier molecular flexibility index (Phi) is 5.47. The Morgan fingerprint density at radius 1 is 1.25 bits per heavy atom. The van der Waals surface area contributed by atoms with Gasteiger partial charge in [-0.25, -0.2) is 0 Å². The maximum atomic E-state index is 5.38. The summed E-state index contributed by atoms with van der Waals surface area (Å²) in [5.74, 6) is 0.826. The first kappa shape index (κ1) is 14.4. The molecule has 2 heterocycles. The Balaban J connectivity index is 1.98. The number of aromatic nitrogens is 2. The zero-order valence-corrected chi connectivity index (χ0v) is 12.3. The van der Waals surface area contributed by atoms with Crippen molar-refractivity contribution < 1.29 is 4.74 Å². The van der Waals surface area contributed by atoms with E-state index in [1.54, 1.807) is 7.11 Å². The molecule has 0 spiro atoms. The Morgan fingerprint density at radius 3 is 2.85 bits per heavy atom. The van der Waals surface area contributed by atoms with Gasteiger partial charge in [-0.1, -0.05) is 26.2 Å². The van der Waals surface area contributed by atoms with Crippen LogP contribution in [0.15, 0.2) is 29.4 Å². The van der Waals surface area contributed by atoms with Crippen LogP contribution >= 0.6 is 0 Å². The van der Waals surface area contributed by atoms with Crippen LogP contribution in [0, 0.1) is 0 Å². The lowest BCUT2D eigenvalue weighted by atomic mass is 10.2. The average molecular weight is 273 g/mol. The summed E-state index contributed by atoms with van der Waals surface area (Å²) in [5.41, 5.74) is 2.98. The molecule has 0 aliphatic carbocycles. The van der Waals surface area contributed by atoms with E-state index in [9.17, 15) is 0 Å². The predicted octanol–water partition coefficient (Wildman–Crippen LogP) is 4.02. The van der Waals surface area contributed by atoms with Crippen molar-refractivity contribution in [3.8, 4) is 17.1 Å². The number of methoxy groups -OCH3 is 1. The van der Waals surface area contributed by atoms with E-state index >= 15 is 0 Å². The smallest absolute Gasteiger partial charge is 0.146 e. The second kappa shape index (κ2) is 7.58. The SMILES string of the molecule is CCCCCCN=Cc1[nH]c(-c2ccc[nH]2)cc1OC. The Bertz CT molecular complexity index is 526. The third-order valence-corrected chi connectivity index (χ3v) is 3.28. The average Bonchev–Trinajstić information content (AvgIpc) is 3.11. The first-order chi connectivity index (χ1) is 9.85. The highest BCUT2D eigenvalue weighted by Crippen LogP contribution is 2.25. The van der Waals surface area contributed by atoms with Crippen LogP contribution in [-0.4, -0.2) is 29.8 Å². The summed E-state index contributed by atoms with van der Waals surface area (Å²) >= 11 is 0. The van der Waals surface area contributed by atoms with Crippen LogP contribution in [0.2, 0.25) is 0 Å². The maximum Gasteiger partial charge on any atom is 0.146 e. The molecule has 0 aromatic carbocycles. The fraction of sp³-hybridized carbons (Fsp3) is 0.438. The van der Waals surface area contributed by atoms with Crippen LogP contribution in [0.4, 0.5) is 0 Å². The van der Waals surface area contributed by atoms with Crippen molar-refractivity contribution in [2.45, 2.75) is 32.6 Å². The second-order valence-electron chi connectivity index (χ2n) is 4.84. The molecule has 20 heavy (non-hydrogen) atoms. The molecule has 0 bridgehead atoms. The van der Waals surface area contributed by atoms with Gasteiger partial charge >= 0.3 is 0 Å². The van der Waals surface area contributed by atoms with Gasteiger partial charge in [-0.15, -0.1) is 0 Å². The molecule has 0 saturated carbocycles. The topological polar surface area (TPSA) is 53.2 Å². The minimum absolute atomic E-state index is 0.826. The van der Waals surface area contributed by atoms with Gasteiger partial charge in [-0.05, 0) is 18.6 Å². The normalized spacial score (nSPS) is 11.3. The van der Waals surface area contributed by atoms with Crippen molar-refractivity contribution in [2.24, 2.45) is 4.99 Å². The van der Waals surface area contributed by atoms with Gasteiger partial charge in [0, 0.05) is 25.0 Å². The van der Waals surface area contributed by atoms with E-state index in [1.165, 1.54) is 19.3 Å². The van der Waals surface area contributed by atoms with E-state index in [-0.39, 0.29) is 0 Å². The molecule has 4 nitrogen and oxygen atoms in total. The second-order valence-corrected chi connectivity index (χ2v) is 4.84. The summed E-state index contributed by atoms with van der Waals surface area (Å²) in [6.45, 7) is 3.09. The number of aromatic amines is 2. The molecule has 2 N–H and O–H groups in total. The molecule has 2 aromatic rings. The lowest BCUT2D eigenvalue weighted by Crippen LogP contribution is -1.90. The lowest BCUT2D eigenvalue weighted by Gasteiger charge is -1.97. The van der Waals surface area contributed by atoms with Crippen molar-refractivity contribution in [1.29, 1.82) is 0 Å². The van der Waals surface area contributed by atoms with Gasteiger partial charge in [0.1, 0.15) is 5.75 Å². The summed E-state index contributed by atoms with van der Waals surface area (Å²) in [4.78, 5) is 11.0. The number of unbranched alkanes of at least 4 members (excludes halogenated alkanes) is 3. The highest BCUT2D eigenvalue weighted by Gasteiger charge is 2.08. The number of hydrogen-bond acceptors (Lipinski definition) is 2. The molecule has 2 aromatic heterocycles. The van der Waals surface area contributed by atoms with E-state index in [2.05, 4.69) is 21.9 Å². The zero-order valence-electron chi connectivity index (χ0n) is 12.3. The summed E-state index contributed by atoms with van der Waals surface area (Å²) < 4.78 is 5.38. The number of nitrogens with zero attached hydrogens (tertiary/aromatic N) is 1. The molecule has 0 fully saturated rings.